The molecule has 1 N–H and O–H groups in total. The van der Waals surface area contributed by atoms with E-state index in [-0.39, 0.29) is 24.2 Å². The van der Waals surface area contributed by atoms with E-state index in [9.17, 15) is 4.79 Å². The third-order valence-electron chi connectivity index (χ3n) is 5.60. The van der Waals surface area contributed by atoms with Crippen LogP contribution in [0.25, 0.3) is 11.4 Å². The van der Waals surface area contributed by atoms with Gasteiger partial charge in [-0.25, -0.2) is 0 Å². The first-order valence-electron chi connectivity index (χ1n) is 10.8. The van der Waals surface area contributed by atoms with Gasteiger partial charge in [0.2, 0.25) is 5.88 Å². The lowest BCUT2D eigenvalue weighted by Gasteiger charge is -2.22. The van der Waals surface area contributed by atoms with E-state index in [1.807, 2.05) is 19.1 Å². The van der Waals surface area contributed by atoms with Crippen molar-refractivity contribution in [1.82, 2.24) is 30.9 Å². The molecule has 0 spiro atoms. The number of carbonyl (C=O) groups excluding carboxylic acids is 1. The van der Waals surface area contributed by atoms with E-state index in [1.54, 1.807) is 12.1 Å². The molecule has 0 radical (unpaired) electrons. The van der Waals surface area contributed by atoms with E-state index in [0.717, 1.165) is 42.7 Å². The van der Waals surface area contributed by atoms with Crippen molar-refractivity contribution < 1.29 is 18.8 Å². The first kappa shape index (κ1) is 20.5. The molecule has 3 aromatic heterocycles. The Morgan fingerprint density at radius 3 is 2.59 bits per heavy atom. The van der Waals surface area contributed by atoms with Gasteiger partial charge in [-0.2, -0.15) is 5.10 Å². The molecule has 5 rings (SSSR count). The highest BCUT2D eigenvalue weighted by Crippen LogP contribution is 2.44. The Bertz CT molecular complexity index is 1070. The lowest BCUT2D eigenvalue weighted by molar-refractivity contribution is 0.0693. The van der Waals surface area contributed by atoms with Crippen LogP contribution in [0.1, 0.15) is 59.1 Å². The number of hydrogen-bond acceptors (Lipinski definition) is 9. The first-order chi connectivity index (χ1) is 15.7. The molecule has 1 saturated carbocycles. The second-order valence-electron chi connectivity index (χ2n) is 8.11. The summed E-state index contributed by atoms with van der Waals surface area (Å²) in [6.45, 7) is 3.41. The van der Waals surface area contributed by atoms with Gasteiger partial charge in [0.05, 0.1) is 11.3 Å². The van der Waals surface area contributed by atoms with Crippen molar-refractivity contribution in [3.05, 3.63) is 47.0 Å². The molecule has 0 bridgehead atoms. The topological polar surface area (TPSA) is 125 Å². The Labute approximate surface area is 184 Å². The minimum absolute atomic E-state index is 0.103. The van der Waals surface area contributed by atoms with Crippen molar-refractivity contribution >= 4 is 5.91 Å². The SMILES string of the molecule is Cc1ccc(-c2noc(C3CC3)c2COc2ccc(C(=O)NC3CCOCC3)nn2)nn1. The van der Waals surface area contributed by atoms with E-state index in [4.69, 9.17) is 14.0 Å². The van der Waals surface area contributed by atoms with E-state index in [1.165, 1.54) is 0 Å². The third kappa shape index (κ3) is 4.59. The zero-order valence-corrected chi connectivity index (χ0v) is 17.8. The summed E-state index contributed by atoms with van der Waals surface area (Å²) in [5, 5.41) is 23.6. The van der Waals surface area contributed by atoms with Crippen molar-refractivity contribution in [2.75, 3.05) is 13.2 Å². The summed E-state index contributed by atoms with van der Waals surface area (Å²) in [6, 6.07) is 7.10. The maximum absolute atomic E-state index is 12.4. The Morgan fingerprint density at radius 1 is 1.06 bits per heavy atom. The van der Waals surface area contributed by atoms with E-state index in [0.29, 0.717) is 36.4 Å². The molecule has 166 valence electrons. The molecule has 3 aromatic rings. The number of hydrogen-bond donors (Lipinski definition) is 1. The van der Waals surface area contributed by atoms with Gasteiger partial charge in [0.25, 0.3) is 5.91 Å². The Balaban J connectivity index is 1.27. The van der Waals surface area contributed by atoms with E-state index < -0.39 is 0 Å². The standard InChI is InChI=1S/C22H24N6O4/c1-13-2-5-17(25-24-13)20-16(21(32-28-20)14-3-4-14)12-31-19-7-6-18(26-27-19)22(29)23-15-8-10-30-11-9-15/h2,5-7,14-15H,3-4,8-12H2,1H3,(H,23,29). The van der Waals surface area contributed by atoms with Crippen LogP contribution in [0.5, 0.6) is 5.88 Å². The molecule has 32 heavy (non-hydrogen) atoms. The average molecular weight is 436 g/mol. The van der Waals surface area contributed by atoms with Gasteiger partial charge in [0.1, 0.15) is 23.8 Å². The monoisotopic (exact) mass is 436 g/mol. The highest BCUT2D eigenvalue weighted by Gasteiger charge is 2.33. The van der Waals surface area contributed by atoms with Gasteiger partial charge >= 0.3 is 0 Å². The number of nitrogens with one attached hydrogen (secondary N) is 1. The fourth-order valence-electron chi connectivity index (χ4n) is 3.62. The quantitative estimate of drug-likeness (QED) is 0.595. The molecule has 0 aromatic carbocycles. The van der Waals surface area contributed by atoms with Crippen LogP contribution >= 0.6 is 0 Å². The minimum atomic E-state index is -0.244. The zero-order chi connectivity index (χ0) is 21.9. The summed E-state index contributed by atoms with van der Waals surface area (Å²) in [7, 11) is 0. The molecule has 4 heterocycles. The number of aryl methyl sites for hydroxylation is 1. The molecule has 1 aliphatic carbocycles. The molecule has 1 aliphatic heterocycles. The molecule has 0 atom stereocenters. The number of ether oxygens (including phenoxy) is 2. The molecule has 1 amide bonds. The normalized spacial score (nSPS) is 16.7. The summed E-state index contributed by atoms with van der Waals surface area (Å²) in [5.41, 5.74) is 3.18. The van der Waals surface area contributed by atoms with Crippen molar-refractivity contribution in [2.24, 2.45) is 0 Å². The summed E-state index contributed by atoms with van der Waals surface area (Å²) in [4.78, 5) is 12.4. The molecule has 10 heteroatoms. The van der Waals surface area contributed by atoms with Gasteiger partial charge < -0.3 is 19.3 Å². The minimum Gasteiger partial charge on any atom is -0.472 e. The third-order valence-corrected chi connectivity index (χ3v) is 5.60. The molecule has 0 unspecified atom stereocenters. The van der Waals surface area contributed by atoms with E-state index in [2.05, 4.69) is 30.9 Å². The fraction of sp³-hybridized carbons (Fsp3) is 0.455. The van der Waals surface area contributed by atoms with Crippen LogP contribution in [-0.2, 0) is 11.3 Å². The van der Waals surface area contributed by atoms with Gasteiger partial charge in [-0.05, 0) is 50.8 Å². The number of aromatic nitrogens is 5. The molecular formula is C22H24N6O4. The van der Waals surface area contributed by atoms with Gasteiger partial charge in [-0.3, -0.25) is 4.79 Å². The lowest BCUT2D eigenvalue weighted by atomic mass is 10.1. The number of carbonyl (C=O) groups is 1. The molecule has 2 aliphatic rings. The Kier molecular flexibility index (Phi) is 5.76. The van der Waals surface area contributed by atoms with Gasteiger partial charge in [-0.15, -0.1) is 15.3 Å². The number of nitrogens with zero attached hydrogens (tertiary/aromatic N) is 5. The second kappa shape index (κ2) is 8.99. The number of rotatable bonds is 7. The van der Waals surface area contributed by atoms with Crippen molar-refractivity contribution in [2.45, 2.75) is 51.2 Å². The van der Waals surface area contributed by atoms with Crippen LogP contribution in [0.3, 0.4) is 0 Å². The largest absolute Gasteiger partial charge is 0.472 e. The van der Waals surface area contributed by atoms with Crippen LogP contribution in [-0.4, -0.2) is 50.7 Å². The molecule has 1 saturated heterocycles. The van der Waals surface area contributed by atoms with E-state index >= 15 is 0 Å². The molecule has 10 nitrogen and oxygen atoms in total. The summed E-state index contributed by atoms with van der Waals surface area (Å²) in [6.07, 6.45) is 3.74. The summed E-state index contributed by atoms with van der Waals surface area (Å²) < 4.78 is 16.8. The Hall–Kier alpha value is -3.40. The lowest BCUT2D eigenvalue weighted by Crippen LogP contribution is -2.39. The van der Waals surface area contributed by atoms with Gasteiger partial charge in [0.15, 0.2) is 5.69 Å². The predicted molar refractivity (Wildman–Crippen MR) is 112 cm³/mol. The summed E-state index contributed by atoms with van der Waals surface area (Å²) >= 11 is 0. The first-order valence-corrected chi connectivity index (χ1v) is 10.8. The average Bonchev–Trinajstić information content (AvgIpc) is 3.58. The molecular weight excluding hydrogens is 412 g/mol. The van der Waals surface area contributed by atoms with Crippen LogP contribution in [0.2, 0.25) is 0 Å². The van der Waals surface area contributed by atoms with Crippen molar-refractivity contribution in [3.8, 4) is 17.3 Å². The van der Waals surface area contributed by atoms with Gasteiger partial charge in [0, 0.05) is 31.2 Å². The second-order valence-corrected chi connectivity index (χ2v) is 8.11. The molecule has 2 fully saturated rings. The van der Waals surface area contributed by atoms with Crippen LogP contribution in [0.4, 0.5) is 0 Å². The number of amides is 1. The maximum atomic E-state index is 12.4. The zero-order valence-electron chi connectivity index (χ0n) is 17.8. The predicted octanol–water partition coefficient (Wildman–Crippen LogP) is 2.60. The van der Waals surface area contributed by atoms with Crippen LogP contribution in [0, 0.1) is 6.92 Å². The highest BCUT2D eigenvalue weighted by molar-refractivity contribution is 5.92. The Morgan fingerprint density at radius 2 is 1.91 bits per heavy atom. The van der Waals surface area contributed by atoms with Crippen LogP contribution < -0.4 is 10.1 Å². The maximum Gasteiger partial charge on any atom is 0.272 e. The van der Waals surface area contributed by atoms with Gasteiger partial charge in [-0.1, -0.05) is 5.16 Å². The fourth-order valence-corrected chi connectivity index (χ4v) is 3.62. The van der Waals surface area contributed by atoms with Crippen molar-refractivity contribution in [1.29, 1.82) is 0 Å². The van der Waals surface area contributed by atoms with Crippen molar-refractivity contribution in [3.63, 3.8) is 0 Å². The highest BCUT2D eigenvalue weighted by atomic mass is 16.5. The summed E-state index contributed by atoms with van der Waals surface area (Å²) in [5.74, 6) is 1.25. The smallest absolute Gasteiger partial charge is 0.272 e. The van der Waals surface area contributed by atoms with Crippen LogP contribution in [0.15, 0.2) is 28.8 Å².